The van der Waals surface area contributed by atoms with Crippen LogP contribution >= 0.6 is 11.6 Å². The summed E-state index contributed by atoms with van der Waals surface area (Å²) in [7, 11) is -3.85. The molecule has 2 aromatic heterocycles. The minimum Gasteiger partial charge on any atom is -0.484 e. The Morgan fingerprint density at radius 3 is 2.63 bits per heavy atom. The van der Waals surface area contributed by atoms with E-state index in [4.69, 9.17) is 22.1 Å². The number of carbonyl (C=O) groups is 1. The van der Waals surface area contributed by atoms with Crippen LogP contribution in [0.15, 0.2) is 52.3 Å². The average molecular weight is 449 g/mol. The number of aromatic nitrogens is 2. The van der Waals surface area contributed by atoms with E-state index in [-0.39, 0.29) is 30.2 Å². The standard InChI is InChI=1S/C19H17ClN4O5S/c20-12-1-6-18-22-16-7-8-23(10-15(16)19(26)24(18)9-12)30(27,28)14-4-2-13(3-5-14)29-11-17(21)25/h1-6,9H,7-8,10-11H2,(H2,21,25). The van der Waals surface area contributed by atoms with E-state index in [1.807, 2.05) is 0 Å². The van der Waals surface area contributed by atoms with E-state index in [1.165, 1.54) is 39.2 Å². The van der Waals surface area contributed by atoms with Crippen LogP contribution in [0.5, 0.6) is 5.75 Å². The molecule has 0 saturated heterocycles. The molecule has 9 nitrogen and oxygen atoms in total. The molecular weight excluding hydrogens is 432 g/mol. The van der Waals surface area contributed by atoms with E-state index >= 15 is 0 Å². The molecule has 0 aliphatic carbocycles. The highest BCUT2D eigenvalue weighted by atomic mass is 35.5. The van der Waals surface area contributed by atoms with Crippen LogP contribution in [0.1, 0.15) is 11.3 Å². The van der Waals surface area contributed by atoms with Gasteiger partial charge in [-0.2, -0.15) is 4.31 Å². The summed E-state index contributed by atoms with van der Waals surface area (Å²) in [6.45, 7) is -0.186. The second-order valence-corrected chi connectivity index (χ2v) is 9.11. The van der Waals surface area contributed by atoms with Gasteiger partial charge in [0.25, 0.3) is 11.5 Å². The zero-order chi connectivity index (χ0) is 21.5. The van der Waals surface area contributed by atoms with Crippen LogP contribution in [0.25, 0.3) is 5.65 Å². The summed E-state index contributed by atoms with van der Waals surface area (Å²) >= 11 is 5.98. The molecule has 1 aliphatic rings. The quantitative estimate of drug-likeness (QED) is 0.620. The summed E-state index contributed by atoms with van der Waals surface area (Å²) in [5, 5.41) is 0.380. The molecule has 0 radical (unpaired) electrons. The van der Waals surface area contributed by atoms with Crippen molar-refractivity contribution in [3.63, 3.8) is 0 Å². The molecule has 0 spiro atoms. The molecule has 0 fully saturated rings. The Balaban J connectivity index is 1.63. The molecule has 2 N–H and O–H groups in total. The molecule has 1 aliphatic heterocycles. The van der Waals surface area contributed by atoms with Gasteiger partial charge in [0.05, 0.1) is 21.2 Å². The van der Waals surface area contributed by atoms with Gasteiger partial charge in [-0.25, -0.2) is 13.4 Å². The van der Waals surface area contributed by atoms with Gasteiger partial charge in [-0.05, 0) is 36.4 Å². The number of pyridine rings is 1. The number of rotatable bonds is 5. The third-order valence-corrected chi connectivity index (χ3v) is 6.82. The smallest absolute Gasteiger partial charge is 0.262 e. The van der Waals surface area contributed by atoms with Crippen molar-refractivity contribution < 1.29 is 17.9 Å². The summed E-state index contributed by atoms with van der Waals surface area (Å²) in [6.07, 6.45) is 1.79. The fourth-order valence-corrected chi connectivity index (χ4v) is 4.83. The number of halogens is 1. The highest BCUT2D eigenvalue weighted by molar-refractivity contribution is 7.89. The number of benzene rings is 1. The van der Waals surface area contributed by atoms with Gasteiger partial charge in [0.15, 0.2) is 6.61 Å². The van der Waals surface area contributed by atoms with Gasteiger partial charge in [-0.3, -0.25) is 14.0 Å². The lowest BCUT2D eigenvalue weighted by Gasteiger charge is -2.27. The molecule has 4 rings (SSSR count). The zero-order valence-electron chi connectivity index (χ0n) is 15.6. The lowest BCUT2D eigenvalue weighted by atomic mass is 10.1. The number of nitrogens with zero attached hydrogens (tertiary/aromatic N) is 3. The predicted octanol–water partition coefficient (Wildman–Crippen LogP) is 0.959. The first kappa shape index (κ1) is 20.3. The van der Waals surface area contributed by atoms with Crippen molar-refractivity contribution in [2.45, 2.75) is 17.9 Å². The van der Waals surface area contributed by atoms with Crippen LogP contribution in [0.2, 0.25) is 5.02 Å². The Kier molecular flexibility index (Phi) is 5.22. The van der Waals surface area contributed by atoms with Crippen molar-refractivity contribution in [2.24, 2.45) is 5.73 Å². The lowest BCUT2D eigenvalue weighted by Crippen LogP contribution is -2.40. The molecular formula is C19H17ClN4O5S. The summed E-state index contributed by atoms with van der Waals surface area (Å²) < 4.78 is 33.8. The van der Waals surface area contributed by atoms with E-state index in [9.17, 15) is 18.0 Å². The monoisotopic (exact) mass is 448 g/mol. The van der Waals surface area contributed by atoms with Crippen molar-refractivity contribution in [3.05, 3.63) is 69.2 Å². The van der Waals surface area contributed by atoms with Crippen LogP contribution < -0.4 is 16.0 Å². The fourth-order valence-electron chi connectivity index (χ4n) is 3.26. The summed E-state index contributed by atoms with van der Waals surface area (Å²) in [6, 6.07) is 8.94. The average Bonchev–Trinajstić information content (AvgIpc) is 2.73. The number of ether oxygens (including phenoxy) is 1. The normalized spacial score (nSPS) is 14.4. The molecule has 30 heavy (non-hydrogen) atoms. The highest BCUT2D eigenvalue weighted by Crippen LogP contribution is 2.24. The third kappa shape index (κ3) is 3.76. The number of sulfonamides is 1. The van der Waals surface area contributed by atoms with Crippen molar-refractivity contribution in [1.82, 2.24) is 13.7 Å². The summed E-state index contributed by atoms with van der Waals surface area (Å²) in [5.74, 6) is -0.310. The second kappa shape index (κ2) is 7.71. The van der Waals surface area contributed by atoms with Crippen LogP contribution in [0.3, 0.4) is 0 Å². The van der Waals surface area contributed by atoms with Gasteiger partial charge in [0.2, 0.25) is 10.0 Å². The van der Waals surface area contributed by atoms with Gasteiger partial charge < -0.3 is 10.5 Å². The highest BCUT2D eigenvalue weighted by Gasteiger charge is 2.31. The molecule has 3 heterocycles. The van der Waals surface area contributed by atoms with Gasteiger partial charge >= 0.3 is 0 Å². The first-order chi connectivity index (χ1) is 14.3. The van der Waals surface area contributed by atoms with Crippen LogP contribution in [-0.2, 0) is 27.8 Å². The predicted molar refractivity (Wildman–Crippen MR) is 109 cm³/mol. The first-order valence-corrected chi connectivity index (χ1v) is 10.8. The summed E-state index contributed by atoms with van der Waals surface area (Å²) in [5.41, 5.74) is 6.06. The molecule has 1 amide bonds. The minimum atomic E-state index is -3.85. The van der Waals surface area contributed by atoms with Crippen LogP contribution in [0, 0.1) is 0 Å². The number of nitrogens with two attached hydrogens (primary N) is 1. The SMILES string of the molecule is NC(=O)COc1ccc(S(=O)(=O)N2CCc3nc4ccc(Cl)cn4c(=O)c3C2)cc1. The first-order valence-electron chi connectivity index (χ1n) is 8.97. The van der Waals surface area contributed by atoms with Gasteiger partial charge in [-0.1, -0.05) is 11.6 Å². The van der Waals surface area contributed by atoms with E-state index < -0.39 is 15.9 Å². The number of fused-ring (bicyclic) bond motifs is 2. The molecule has 1 aromatic carbocycles. The maximum atomic E-state index is 13.1. The van der Waals surface area contributed by atoms with Crippen LogP contribution in [0.4, 0.5) is 0 Å². The second-order valence-electron chi connectivity index (χ2n) is 6.73. The summed E-state index contributed by atoms with van der Waals surface area (Å²) in [4.78, 5) is 28.2. The number of primary amides is 1. The largest absolute Gasteiger partial charge is 0.484 e. The maximum absolute atomic E-state index is 13.1. The number of carbonyl (C=O) groups excluding carboxylic acids is 1. The van der Waals surface area contributed by atoms with E-state index in [1.54, 1.807) is 12.1 Å². The fraction of sp³-hybridized carbons (Fsp3) is 0.211. The Morgan fingerprint density at radius 1 is 1.20 bits per heavy atom. The molecule has 0 unspecified atom stereocenters. The molecule has 0 saturated carbocycles. The Bertz CT molecular complexity index is 1300. The number of hydrogen-bond donors (Lipinski definition) is 1. The van der Waals surface area contributed by atoms with E-state index in [0.717, 1.165) is 0 Å². The van der Waals surface area contributed by atoms with Crippen LogP contribution in [-0.4, -0.2) is 41.2 Å². The van der Waals surface area contributed by atoms with E-state index in [0.29, 0.717) is 34.1 Å². The van der Waals surface area contributed by atoms with Gasteiger partial charge in [-0.15, -0.1) is 0 Å². The van der Waals surface area contributed by atoms with Crippen molar-refractivity contribution in [2.75, 3.05) is 13.2 Å². The molecule has 156 valence electrons. The van der Waals surface area contributed by atoms with E-state index in [2.05, 4.69) is 4.98 Å². The number of amides is 1. The molecule has 11 heteroatoms. The lowest BCUT2D eigenvalue weighted by molar-refractivity contribution is -0.119. The zero-order valence-corrected chi connectivity index (χ0v) is 17.2. The van der Waals surface area contributed by atoms with Crippen molar-refractivity contribution >= 4 is 33.2 Å². The molecule has 3 aromatic rings. The third-order valence-electron chi connectivity index (χ3n) is 4.74. The Labute approximate surface area is 176 Å². The molecule has 0 bridgehead atoms. The number of hydrogen-bond acceptors (Lipinski definition) is 6. The maximum Gasteiger partial charge on any atom is 0.262 e. The van der Waals surface area contributed by atoms with Gasteiger partial charge in [0.1, 0.15) is 11.4 Å². The minimum absolute atomic E-state index is 0.0502. The topological polar surface area (TPSA) is 124 Å². The van der Waals surface area contributed by atoms with Crippen molar-refractivity contribution in [1.29, 1.82) is 0 Å². The van der Waals surface area contributed by atoms with Crippen molar-refractivity contribution in [3.8, 4) is 5.75 Å². The van der Waals surface area contributed by atoms with Gasteiger partial charge in [0, 0.05) is 25.7 Å². The Morgan fingerprint density at radius 2 is 1.93 bits per heavy atom. The molecule has 0 atom stereocenters. The Hall–Kier alpha value is -2.95.